The lowest BCUT2D eigenvalue weighted by atomic mass is 10.2. The summed E-state index contributed by atoms with van der Waals surface area (Å²) in [5.41, 5.74) is -0.641. The minimum absolute atomic E-state index is 0.246. The van der Waals surface area contributed by atoms with Crippen LogP contribution in [0, 0.1) is 21.8 Å². The number of carbonyl (C=O) groups excluding carboxylic acids is 1. The van der Waals surface area contributed by atoms with Crippen LogP contribution in [-0.2, 0) is 6.54 Å². The summed E-state index contributed by atoms with van der Waals surface area (Å²) in [6.07, 6.45) is 3.85. The third kappa shape index (κ3) is 2.95. The Bertz CT molecular complexity index is 739. The Labute approximate surface area is 124 Å². The fourth-order valence-corrected chi connectivity index (χ4v) is 2.11. The van der Waals surface area contributed by atoms with Gasteiger partial charge in [0.05, 0.1) is 22.7 Å². The van der Waals surface area contributed by atoms with Gasteiger partial charge in [-0.15, -0.1) is 0 Å². The van der Waals surface area contributed by atoms with Crippen molar-refractivity contribution >= 4 is 17.4 Å². The Kier molecular flexibility index (Phi) is 3.58. The maximum atomic E-state index is 13.8. The van der Waals surface area contributed by atoms with Crippen LogP contribution in [0.2, 0.25) is 0 Å². The van der Waals surface area contributed by atoms with Crippen molar-refractivity contribution in [2.45, 2.75) is 19.4 Å². The SMILES string of the molecule is O=C(Nc1ccnn1CC1CC1)c1ccc([N+](=O)[O-])cc1F. The molecule has 3 rings (SSSR count). The van der Waals surface area contributed by atoms with Crippen molar-refractivity contribution in [3.63, 3.8) is 0 Å². The predicted octanol–water partition coefficient (Wildman–Crippen LogP) is 2.59. The first kappa shape index (κ1) is 14.2. The zero-order chi connectivity index (χ0) is 15.7. The highest BCUT2D eigenvalue weighted by Gasteiger charge is 2.24. The second kappa shape index (κ2) is 5.55. The fraction of sp³-hybridized carbons (Fsp3) is 0.286. The molecule has 7 nitrogen and oxygen atoms in total. The van der Waals surface area contributed by atoms with Gasteiger partial charge in [-0.2, -0.15) is 5.10 Å². The number of anilines is 1. The van der Waals surface area contributed by atoms with Crippen molar-refractivity contribution < 1.29 is 14.1 Å². The third-order valence-electron chi connectivity index (χ3n) is 3.49. The largest absolute Gasteiger partial charge is 0.307 e. The van der Waals surface area contributed by atoms with Gasteiger partial charge in [-0.05, 0) is 24.8 Å². The summed E-state index contributed by atoms with van der Waals surface area (Å²) in [5.74, 6) is -0.536. The van der Waals surface area contributed by atoms with Crippen LogP contribution in [0.5, 0.6) is 0 Å². The van der Waals surface area contributed by atoms with Crippen molar-refractivity contribution in [2.24, 2.45) is 5.92 Å². The summed E-state index contributed by atoms with van der Waals surface area (Å²) in [6.45, 7) is 0.714. The van der Waals surface area contributed by atoms with Crippen molar-refractivity contribution in [2.75, 3.05) is 5.32 Å². The van der Waals surface area contributed by atoms with Crippen LogP contribution in [0.15, 0.2) is 30.5 Å². The average molecular weight is 304 g/mol. The molecule has 1 fully saturated rings. The summed E-state index contributed by atoms with van der Waals surface area (Å²) in [6, 6.07) is 4.56. The number of hydrogen-bond acceptors (Lipinski definition) is 4. The van der Waals surface area contributed by atoms with Crippen LogP contribution in [0.4, 0.5) is 15.9 Å². The molecule has 0 aliphatic heterocycles. The van der Waals surface area contributed by atoms with E-state index >= 15 is 0 Å². The van der Waals surface area contributed by atoms with Crippen molar-refractivity contribution in [3.8, 4) is 0 Å². The molecule has 1 aromatic heterocycles. The van der Waals surface area contributed by atoms with Crippen LogP contribution in [-0.4, -0.2) is 20.6 Å². The van der Waals surface area contributed by atoms with Gasteiger partial charge in [-0.3, -0.25) is 14.9 Å². The number of nitro benzene ring substituents is 1. The number of benzene rings is 1. The number of carbonyl (C=O) groups is 1. The molecule has 1 amide bonds. The molecule has 8 heteroatoms. The molecule has 1 aliphatic rings. The first-order chi connectivity index (χ1) is 10.5. The molecule has 0 spiro atoms. The van der Waals surface area contributed by atoms with E-state index in [1.54, 1.807) is 16.9 Å². The summed E-state index contributed by atoms with van der Waals surface area (Å²) < 4.78 is 15.5. The standard InChI is InChI=1S/C14H13FN4O3/c15-12-7-10(19(21)22)3-4-11(12)14(20)17-13-5-6-16-18(13)8-9-1-2-9/h3-7,9H,1-2,8H2,(H,17,20). The molecule has 2 aromatic rings. The monoisotopic (exact) mass is 304 g/mol. The van der Waals surface area contributed by atoms with Gasteiger partial charge >= 0.3 is 0 Å². The molecule has 0 atom stereocenters. The normalized spacial score (nSPS) is 13.9. The van der Waals surface area contributed by atoms with Crippen molar-refractivity contribution in [1.82, 2.24) is 9.78 Å². The summed E-state index contributed by atoms with van der Waals surface area (Å²) in [5, 5.41) is 17.3. The molecule has 0 unspecified atom stereocenters. The number of amides is 1. The molecule has 0 bridgehead atoms. The van der Waals surface area contributed by atoms with E-state index in [1.807, 2.05) is 0 Å². The zero-order valence-corrected chi connectivity index (χ0v) is 11.5. The number of nitrogens with zero attached hydrogens (tertiary/aromatic N) is 3. The van der Waals surface area contributed by atoms with Gasteiger partial charge in [0.1, 0.15) is 11.6 Å². The van der Waals surface area contributed by atoms with E-state index < -0.39 is 22.3 Å². The Hall–Kier alpha value is -2.77. The molecule has 1 aromatic carbocycles. The van der Waals surface area contributed by atoms with Crippen molar-refractivity contribution in [1.29, 1.82) is 0 Å². The van der Waals surface area contributed by atoms with E-state index in [0.29, 0.717) is 18.3 Å². The van der Waals surface area contributed by atoms with E-state index in [9.17, 15) is 19.3 Å². The highest BCUT2D eigenvalue weighted by atomic mass is 19.1. The Morgan fingerprint density at radius 1 is 1.45 bits per heavy atom. The molecule has 22 heavy (non-hydrogen) atoms. The van der Waals surface area contributed by atoms with Crippen LogP contribution in [0.1, 0.15) is 23.2 Å². The molecule has 1 aliphatic carbocycles. The lowest BCUT2D eigenvalue weighted by Gasteiger charge is -2.09. The maximum absolute atomic E-state index is 13.8. The van der Waals surface area contributed by atoms with Gasteiger partial charge in [-0.25, -0.2) is 9.07 Å². The zero-order valence-electron chi connectivity index (χ0n) is 11.5. The van der Waals surface area contributed by atoms with Crippen LogP contribution in [0.25, 0.3) is 0 Å². The molecular formula is C14H13FN4O3. The molecule has 114 valence electrons. The number of aromatic nitrogens is 2. The highest BCUT2D eigenvalue weighted by molar-refractivity contribution is 6.04. The maximum Gasteiger partial charge on any atom is 0.272 e. The van der Waals surface area contributed by atoms with E-state index in [-0.39, 0.29) is 5.56 Å². The Balaban J connectivity index is 1.77. The van der Waals surface area contributed by atoms with Crippen molar-refractivity contribution in [3.05, 3.63) is 52.0 Å². The van der Waals surface area contributed by atoms with E-state index in [1.165, 1.54) is 0 Å². The van der Waals surface area contributed by atoms with E-state index in [0.717, 1.165) is 31.0 Å². The second-order valence-electron chi connectivity index (χ2n) is 5.22. The number of nitro groups is 1. The van der Waals surface area contributed by atoms with E-state index in [2.05, 4.69) is 10.4 Å². The van der Waals surface area contributed by atoms with Crippen LogP contribution < -0.4 is 5.32 Å². The average Bonchev–Trinajstić information content (AvgIpc) is 3.19. The summed E-state index contributed by atoms with van der Waals surface area (Å²) in [7, 11) is 0. The number of rotatable bonds is 5. The number of hydrogen-bond donors (Lipinski definition) is 1. The van der Waals surface area contributed by atoms with Gasteiger partial charge < -0.3 is 5.32 Å². The number of non-ortho nitro benzene ring substituents is 1. The predicted molar refractivity (Wildman–Crippen MR) is 76.0 cm³/mol. The quantitative estimate of drug-likeness (QED) is 0.679. The highest BCUT2D eigenvalue weighted by Crippen LogP contribution is 2.31. The van der Waals surface area contributed by atoms with Gasteiger partial charge in [-0.1, -0.05) is 0 Å². The smallest absolute Gasteiger partial charge is 0.272 e. The molecule has 0 radical (unpaired) electrons. The first-order valence-electron chi connectivity index (χ1n) is 6.81. The Morgan fingerprint density at radius 2 is 2.23 bits per heavy atom. The minimum atomic E-state index is -0.931. The number of nitrogens with one attached hydrogen (secondary N) is 1. The molecule has 0 saturated heterocycles. The molecule has 1 N–H and O–H groups in total. The van der Waals surface area contributed by atoms with Gasteiger partial charge in [0.25, 0.3) is 11.6 Å². The molecule has 1 saturated carbocycles. The summed E-state index contributed by atoms with van der Waals surface area (Å²) >= 11 is 0. The lowest BCUT2D eigenvalue weighted by molar-refractivity contribution is -0.385. The van der Waals surface area contributed by atoms with E-state index in [4.69, 9.17) is 0 Å². The Morgan fingerprint density at radius 3 is 2.86 bits per heavy atom. The van der Waals surface area contributed by atoms with Gasteiger partial charge in [0.2, 0.25) is 0 Å². The second-order valence-corrected chi connectivity index (χ2v) is 5.22. The third-order valence-corrected chi connectivity index (χ3v) is 3.49. The van der Waals surface area contributed by atoms with Crippen LogP contribution >= 0.6 is 0 Å². The minimum Gasteiger partial charge on any atom is -0.307 e. The fourth-order valence-electron chi connectivity index (χ4n) is 2.11. The molecular weight excluding hydrogens is 291 g/mol. The van der Waals surface area contributed by atoms with Gasteiger partial charge in [0, 0.05) is 18.7 Å². The first-order valence-corrected chi connectivity index (χ1v) is 6.81. The summed E-state index contributed by atoms with van der Waals surface area (Å²) in [4.78, 5) is 22.0. The topological polar surface area (TPSA) is 90.1 Å². The number of halogens is 1. The molecule has 1 heterocycles. The lowest BCUT2D eigenvalue weighted by Crippen LogP contribution is -2.17. The van der Waals surface area contributed by atoms with Gasteiger partial charge in [0.15, 0.2) is 0 Å². The van der Waals surface area contributed by atoms with Crippen LogP contribution in [0.3, 0.4) is 0 Å².